The zero-order chi connectivity index (χ0) is 60.2. The average molecular weight is 1100 g/mol. The van der Waals surface area contributed by atoms with Crippen LogP contribution in [0.1, 0.15) is 115 Å². The summed E-state index contributed by atoms with van der Waals surface area (Å²) in [5, 5.41) is 32.7. The fourth-order valence-corrected chi connectivity index (χ4v) is 7.85. The highest BCUT2D eigenvalue weighted by Crippen LogP contribution is 2.42. The van der Waals surface area contributed by atoms with Crippen LogP contribution in [-0.2, 0) is 65.4 Å². The van der Waals surface area contributed by atoms with Gasteiger partial charge in [0.15, 0.2) is 0 Å². The number of methoxy groups -OCH3 is 1. The fourth-order valence-electron chi connectivity index (χ4n) is 7.85. The molecule has 0 aromatic heterocycles. The van der Waals surface area contributed by atoms with Gasteiger partial charge in [0.25, 0.3) is 0 Å². The summed E-state index contributed by atoms with van der Waals surface area (Å²) >= 11 is 0. The number of aryl methyl sites for hydroxylation is 1. The van der Waals surface area contributed by atoms with E-state index < -0.39 is 29.5 Å². The molecule has 422 valence electrons. The number of esters is 3. The quantitative estimate of drug-likeness (QED) is 0.0298. The Labute approximate surface area is 479 Å². The molecule has 13 nitrogen and oxygen atoms in total. The number of hydrogen-bond donors (Lipinski definition) is 4. The van der Waals surface area contributed by atoms with Crippen molar-refractivity contribution in [2.24, 2.45) is 0 Å². The van der Waals surface area contributed by atoms with Crippen LogP contribution in [0.4, 0.5) is 0 Å². The van der Waals surface area contributed by atoms with Crippen molar-refractivity contribution in [3.63, 3.8) is 0 Å². The third kappa shape index (κ3) is 22.2. The number of carboxylic acids is 1. The van der Waals surface area contributed by atoms with Gasteiger partial charge in [-0.25, -0.2) is 0 Å². The molecule has 1 atom stereocenters. The Morgan fingerprint density at radius 1 is 0.605 bits per heavy atom. The largest absolute Gasteiger partial charge is 0.550 e. The van der Waals surface area contributed by atoms with Crippen molar-refractivity contribution in [1.29, 1.82) is 1.43 Å². The monoisotopic (exact) mass is 1100 g/mol. The number of benzene rings is 7. The van der Waals surface area contributed by atoms with E-state index in [4.69, 9.17) is 17.0 Å². The molecule has 8 rings (SSSR count). The van der Waals surface area contributed by atoms with Crippen molar-refractivity contribution in [3.8, 4) is 29.4 Å². The zero-order valence-corrected chi connectivity index (χ0v) is 46.7. The summed E-state index contributed by atoms with van der Waals surface area (Å²) in [7, 11) is 2.95. The highest BCUT2D eigenvalue weighted by Gasteiger charge is 2.38. The van der Waals surface area contributed by atoms with E-state index in [0.29, 0.717) is 6.61 Å². The van der Waals surface area contributed by atoms with Crippen LogP contribution >= 0.6 is 0 Å². The number of rotatable bonds is 17. The summed E-state index contributed by atoms with van der Waals surface area (Å²) in [6.07, 6.45) is -0.00129. The molecule has 1 aliphatic heterocycles. The minimum atomic E-state index is -1.27. The van der Waals surface area contributed by atoms with Gasteiger partial charge in [-0.05, 0) is 134 Å². The highest BCUT2D eigenvalue weighted by molar-refractivity contribution is 5.92. The number of nitrogens with one attached hydrogen (secondary N) is 1. The van der Waals surface area contributed by atoms with Crippen molar-refractivity contribution in [2.45, 2.75) is 85.4 Å². The first kappa shape index (κ1) is 61.6. The van der Waals surface area contributed by atoms with E-state index in [9.17, 15) is 34.5 Å². The van der Waals surface area contributed by atoms with Gasteiger partial charge in [0.2, 0.25) is 1.43 Å². The van der Waals surface area contributed by atoms with E-state index in [0.717, 1.165) is 72.5 Å². The Morgan fingerprint density at radius 2 is 1.00 bits per heavy atom. The molecular weight excluding hydrogens is 1020 g/mol. The number of cyclic esters (lactones) is 2. The van der Waals surface area contributed by atoms with Crippen molar-refractivity contribution >= 4 is 23.9 Å². The van der Waals surface area contributed by atoms with E-state index in [1.807, 2.05) is 152 Å². The number of aliphatic hydroxyl groups is 3. The first-order valence-corrected chi connectivity index (χ1v) is 26.5. The summed E-state index contributed by atoms with van der Waals surface area (Å²) in [6, 6.07) is 56.6. The lowest BCUT2D eigenvalue weighted by Gasteiger charge is -2.36. The molecular formula is C68H73NO12. The van der Waals surface area contributed by atoms with Crippen LogP contribution in [-0.4, -0.2) is 74.5 Å². The average Bonchev–Trinajstić information content (AvgIpc) is 4.09. The van der Waals surface area contributed by atoms with Crippen LogP contribution in [0, 0.1) is 30.6 Å². The predicted octanol–water partition coefficient (Wildman–Crippen LogP) is 7.95. The van der Waals surface area contributed by atoms with E-state index in [2.05, 4.69) is 66.4 Å². The van der Waals surface area contributed by atoms with Crippen LogP contribution in [0.2, 0.25) is 0 Å². The summed E-state index contributed by atoms with van der Waals surface area (Å²) in [5.74, 6) is 10.6. The van der Waals surface area contributed by atoms with Crippen molar-refractivity contribution < 1.29 is 64.8 Å². The molecule has 0 radical (unpaired) electrons. The Morgan fingerprint density at radius 3 is 1.37 bits per heavy atom. The second-order valence-corrected chi connectivity index (χ2v) is 18.1. The summed E-state index contributed by atoms with van der Waals surface area (Å²) in [6.45, 7) is 11.2. The SMILES string of the molecule is CC[NH+](CC)CC.COc1ccc(C(OCc2ccc(C#Cc3ccc(CO)cc3)cc2)(c2ccccc2)c2ccc(CO)cc2)cc1.O=C1CCC(=O)O1.[2H]Cc1ccc(C#Cc2ccc(COC(=O)CCC(=O)[O-])cc2)cc1.[3H]OC. The number of ether oxygens (including phenoxy) is 4. The Hall–Kier alpha value is -8.66. The molecule has 7 aromatic rings. The number of carbonyl (C=O) groups excluding carboxylic acids is 4. The molecule has 1 aliphatic rings. The van der Waals surface area contributed by atoms with Gasteiger partial charge in [-0.3, -0.25) is 14.4 Å². The topological polar surface area (TPSA) is 193 Å². The van der Waals surface area contributed by atoms with Crippen LogP contribution in [0.25, 0.3) is 0 Å². The summed E-state index contributed by atoms with van der Waals surface area (Å²) < 4.78 is 34.4. The Kier molecular flexibility index (Phi) is 27.2. The molecule has 0 spiro atoms. The molecule has 1 saturated heterocycles. The summed E-state index contributed by atoms with van der Waals surface area (Å²) in [4.78, 5) is 43.3. The lowest BCUT2D eigenvalue weighted by molar-refractivity contribution is -0.894. The standard InChI is InChI=1S/C37H32O4.C20H18O4.C6H15N.C4H4O3.CH4O/c1-40-36-23-21-35(22-24-36)37(33-5-3-2-4-6-33,34-19-17-31(26-39)18-20-34)41-27-32-15-11-29(12-16-32)8-7-28-9-13-30(25-38)14-10-28;1-15-2-4-16(5-3-15)6-7-17-8-10-18(11-9-17)14-24-20(23)13-12-19(21)22;1-4-7(5-2)6-3;5-3-1-2-4(6)7-3;1-2/h2-6,9-24,38-39H,25-27H2,1H3;2-5,8-11H,12-14H2,1H3,(H,21,22);4-6H2,1-3H3;1-2H2;2H,1H3/i;1D;;;2T. The highest BCUT2D eigenvalue weighted by atomic mass is 16.6. The fraction of sp³-hybridized carbons (Fsp3) is 0.265. The maximum absolute atomic E-state index is 11.3. The van der Waals surface area contributed by atoms with Crippen molar-refractivity contribution in [2.75, 3.05) is 33.9 Å². The Bertz CT molecular complexity index is 3100. The Balaban J connectivity index is 0.000000295. The smallest absolute Gasteiger partial charge is 0.314 e. The van der Waals surface area contributed by atoms with Gasteiger partial charge in [-0.1, -0.05) is 145 Å². The van der Waals surface area contributed by atoms with E-state index in [-0.39, 0.29) is 52.4 Å². The molecule has 1 unspecified atom stereocenters. The predicted molar refractivity (Wildman–Crippen MR) is 310 cm³/mol. The lowest BCUT2D eigenvalue weighted by atomic mass is 9.79. The number of quaternary nitrogens is 1. The lowest BCUT2D eigenvalue weighted by Crippen LogP contribution is -3.11. The van der Waals surface area contributed by atoms with Crippen LogP contribution in [0.5, 0.6) is 5.75 Å². The van der Waals surface area contributed by atoms with E-state index >= 15 is 0 Å². The maximum atomic E-state index is 11.3. The van der Waals surface area contributed by atoms with Gasteiger partial charge in [-0.15, -0.1) is 0 Å². The number of carboxylic acid groups (broad SMARTS) is 1. The number of carbonyl (C=O) groups is 4. The first-order valence-electron chi connectivity index (χ1n) is 27.6. The second kappa shape index (κ2) is 35.8. The maximum Gasteiger partial charge on any atom is 0.314 e. The van der Waals surface area contributed by atoms with Gasteiger partial charge < -0.3 is 49.1 Å². The molecule has 4 N–H and O–H groups in total. The van der Waals surface area contributed by atoms with Crippen LogP contribution in [0.15, 0.2) is 176 Å². The molecule has 0 saturated carbocycles. The molecule has 1 heterocycles. The number of hydrogen-bond acceptors (Lipinski definition) is 12. The molecule has 0 aliphatic carbocycles. The molecule has 81 heavy (non-hydrogen) atoms. The van der Waals surface area contributed by atoms with Gasteiger partial charge >= 0.3 is 17.9 Å². The second-order valence-electron chi connectivity index (χ2n) is 18.1. The van der Waals surface area contributed by atoms with E-state index in [1.54, 1.807) is 24.1 Å². The molecule has 0 amide bonds. The van der Waals surface area contributed by atoms with Gasteiger partial charge in [0.05, 0.1) is 65.8 Å². The molecule has 13 heteroatoms. The van der Waals surface area contributed by atoms with Crippen molar-refractivity contribution in [3.05, 3.63) is 243 Å². The van der Waals surface area contributed by atoms with Gasteiger partial charge in [0.1, 0.15) is 18.0 Å². The number of aliphatic carboxylic acids is 1. The van der Waals surface area contributed by atoms with Gasteiger partial charge in [0, 0.05) is 36.7 Å². The third-order valence-corrected chi connectivity index (χ3v) is 12.6. The zero-order valence-electron chi connectivity index (χ0n) is 48.7. The molecule has 7 aromatic carbocycles. The minimum Gasteiger partial charge on any atom is -0.550 e. The van der Waals surface area contributed by atoms with Crippen LogP contribution in [0.3, 0.4) is 0 Å². The normalized spacial score (nSPS) is 12.0. The molecule has 1 fully saturated rings. The first-order chi connectivity index (χ1) is 40.2. The summed E-state index contributed by atoms with van der Waals surface area (Å²) in [5.41, 5.74) is 10.0. The number of aliphatic hydroxyl groups excluding tert-OH is 3. The minimum absolute atomic E-state index is 0.0226. The molecule has 0 bridgehead atoms. The van der Waals surface area contributed by atoms with Gasteiger partial charge in [-0.2, -0.15) is 0 Å². The van der Waals surface area contributed by atoms with E-state index in [1.165, 1.54) is 26.7 Å². The van der Waals surface area contributed by atoms with Crippen LogP contribution < -0.4 is 14.7 Å². The van der Waals surface area contributed by atoms with Crippen molar-refractivity contribution in [1.82, 2.24) is 0 Å². The third-order valence-electron chi connectivity index (χ3n) is 12.6.